The van der Waals surface area contributed by atoms with Gasteiger partial charge >= 0.3 is 5.97 Å². The summed E-state index contributed by atoms with van der Waals surface area (Å²) in [5.74, 6) is -1.12. The zero-order chi connectivity index (χ0) is 53.2. The van der Waals surface area contributed by atoms with Crippen molar-refractivity contribution in [2.24, 2.45) is 11.3 Å². The van der Waals surface area contributed by atoms with Crippen LogP contribution in [0, 0.1) is 11.3 Å². The van der Waals surface area contributed by atoms with Crippen LogP contribution in [0.1, 0.15) is 114 Å². The van der Waals surface area contributed by atoms with E-state index >= 15 is 4.79 Å². The van der Waals surface area contributed by atoms with E-state index in [1.54, 1.807) is 7.11 Å². The van der Waals surface area contributed by atoms with Crippen LogP contribution in [-0.4, -0.2) is 175 Å². The SMILES string of the molecule is CO[C@@H](C)c1ncc(N2CCN(C3CC3)CC2)cc1-c1c2c3cc(ccc3n1CCOC1CCOCC1)-c1csc(n1)[C@@H](N1CC3(CCCO3)C1)[C@H](NC(=O)[C@H]1O[C@@H](C)[C@H]1C)C(=O)N1CCC[C@H](N1)C(=O)OCC(C)(C)C2. The number of hydrazine groups is 1. The molecule has 12 rings (SSSR count). The van der Waals surface area contributed by atoms with Gasteiger partial charge in [-0.25, -0.2) is 10.4 Å². The Morgan fingerprint density at radius 1 is 0.987 bits per heavy atom. The number of nitrogens with one attached hydrogen (secondary N) is 2. The van der Waals surface area contributed by atoms with Gasteiger partial charge in [0.2, 0.25) is 5.91 Å². The minimum atomic E-state index is -1.06. The van der Waals surface area contributed by atoms with Crippen LogP contribution >= 0.6 is 11.3 Å². The van der Waals surface area contributed by atoms with E-state index in [9.17, 15) is 9.59 Å². The number of benzene rings is 1. The molecule has 1 saturated carbocycles. The normalized spacial score (nSPS) is 28.8. The number of amides is 2. The van der Waals surface area contributed by atoms with Gasteiger partial charge in [-0.1, -0.05) is 26.8 Å². The Morgan fingerprint density at radius 2 is 1.79 bits per heavy atom. The molecule has 8 aliphatic rings. The Morgan fingerprint density at radius 3 is 2.52 bits per heavy atom. The van der Waals surface area contributed by atoms with E-state index in [0.717, 1.165) is 108 Å². The van der Waals surface area contributed by atoms with Gasteiger partial charge in [-0.05, 0) is 95.4 Å². The number of aromatic nitrogens is 3. The van der Waals surface area contributed by atoms with Gasteiger partial charge in [-0.15, -0.1) is 11.3 Å². The summed E-state index contributed by atoms with van der Waals surface area (Å²) < 4.78 is 39.6. The molecule has 6 bridgehead atoms. The zero-order valence-electron chi connectivity index (χ0n) is 45.9. The van der Waals surface area contributed by atoms with Crippen molar-refractivity contribution in [3.8, 4) is 22.5 Å². The zero-order valence-corrected chi connectivity index (χ0v) is 46.7. The molecule has 1 spiro atoms. The number of rotatable bonds is 12. The van der Waals surface area contributed by atoms with E-state index in [1.807, 2.05) is 20.0 Å². The van der Waals surface area contributed by atoms with Crippen LogP contribution in [0.2, 0.25) is 0 Å². The fourth-order valence-corrected chi connectivity index (χ4v) is 14.1. The van der Waals surface area contributed by atoms with Crippen molar-refractivity contribution in [2.45, 2.75) is 153 Å². The molecule has 7 fully saturated rings. The Labute approximate surface area is 456 Å². The molecule has 1 aromatic carbocycles. The predicted molar refractivity (Wildman–Crippen MR) is 292 cm³/mol. The maximum absolute atomic E-state index is 15.3. The molecule has 19 heteroatoms. The number of nitrogens with zero attached hydrogens (tertiary/aromatic N) is 7. The van der Waals surface area contributed by atoms with Crippen molar-refractivity contribution < 1.29 is 42.8 Å². The summed E-state index contributed by atoms with van der Waals surface area (Å²) in [5.41, 5.74) is 10.3. The van der Waals surface area contributed by atoms with Crippen LogP contribution < -0.4 is 15.6 Å². The van der Waals surface area contributed by atoms with Gasteiger partial charge in [-0.2, -0.15) is 0 Å². The second-order valence-electron chi connectivity index (χ2n) is 24.1. The average molecular weight is 1080 g/mol. The van der Waals surface area contributed by atoms with Gasteiger partial charge in [0.1, 0.15) is 23.2 Å². The number of pyridine rings is 1. The summed E-state index contributed by atoms with van der Waals surface area (Å²) in [7, 11) is 1.74. The Balaban J connectivity index is 1.00. The first-order valence-electron chi connectivity index (χ1n) is 28.7. The van der Waals surface area contributed by atoms with E-state index < -0.39 is 35.6 Å². The minimum absolute atomic E-state index is 0.0254. The number of hydrogen-bond donors (Lipinski definition) is 2. The lowest BCUT2D eigenvalue weighted by atomic mass is 9.84. The smallest absolute Gasteiger partial charge is 0.324 e. The molecule has 18 nitrogen and oxygen atoms in total. The summed E-state index contributed by atoms with van der Waals surface area (Å²) in [5, 5.41) is 8.59. The number of thiazole rings is 1. The second-order valence-corrected chi connectivity index (χ2v) is 25.0. The van der Waals surface area contributed by atoms with Crippen molar-refractivity contribution in [2.75, 3.05) is 90.9 Å². The molecule has 2 N–H and O–H groups in total. The van der Waals surface area contributed by atoms with E-state index in [-0.39, 0.29) is 48.3 Å². The lowest BCUT2D eigenvalue weighted by Gasteiger charge is -2.52. The van der Waals surface area contributed by atoms with Gasteiger partial charge < -0.3 is 43.2 Å². The first kappa shape index (κ1) is 53.1. The highest BCUT2D eigenvalue weighted by atomic mass is 32.1. The van der Waals surface area contributed by atoms with Gasteiger partial charge in [0.05, 0.1) is 72.1 Å². The maximum Gasteiger partial charge on any atom is 0.324 e. The Hall–Kier alpha value is -4.57. The number of hydrogen-bond acceptors (Lipinski definition) is 16. The van der Waals surface area contributed by atoms with Crippen LogP contribution in [0.3, 0.4) is 0 Å². The monoisotopic (exact) mass is 1080 g/mol. The Bertz CT molecular complexity index is 2810. The fourth-order valence-electron chi connectivity index (χ4n) is 13.1. The molecule has 0 unspecified atom stereocenters. The van der Waals surface area contributed by atoms with Gasteiger partial charge in [-0.3, -0.25) is 34.2 Å². The lowest BCUT2D eigenvalue weighted by Crippen LogP contribution is -2.69. The van der Waals surface area contributed by atoms with Crippen molar-refractivity contribution in [3.63, 3.8) is 0 Å². The number of esters is 1. The van der Waals surface area contributed by atoms with E-state index in [1.165, 1.54) is 29.2 Å². The van der Waals surface area contributed by atoms with Gasteiger partial charge in [0.15, 0.2) is 0 Å². The molecule has 7 aliphatic heterocycles. The van der Waals surface area contributed by atoms with Crippen molar-refractivity contribution in [3.05, 3.63) is 52.1 Å². The van der Waals surface area contributed by atoms with E-state index in [4.69, 9.17) is 38.4 Å². The number of cyclic esters (lactones) is 1. The first-order valence-corrected chi connectivity index (χ1v) is 29.5. The number of methoxy groups -OCH3 is 1. The summed E-state index contributed by atoms with van der Waals surface area (Å²) in [4.78, 5) is 62.1. The number of carbonyl (C=O) groups is 3. The highest BCUT2D eigenvalue weighted by molar-refractivity contribution is 7.10. The second kappa shape index (κ2) is 21.8. The maximum atomic E-state index is 15.3. The highest BCUT2D eigenvalue weighted by Crippen LogP contribution is 2.46. The molecular weight excluding hydrogens is 999 g/mol. The molecule has 2 amide bonds. The van der Waals surface area contributed by atoms with Crippen molar-refractivity contribution in [1.82, 2.24) is 40.1 Å². The third-order valence-corrected chi connectivity index (χ3v) is 18.9. The van der Waals surface area contributed by atoms with Crippen LogP contribution in [0.4, 0.5) is 5.69 Å². The minimum Gasteiger partial charge on any atom is -0.464 e. The number of carbonyl (C=O) groups excluding carboxylic acids is 3. The van der Waals surface area contributed by atoms with Crippen LogP contribution in [0.5, 0.6) is 0 Å². The first-order chi connectivity index (χ1) is 37.2. The fraction of sp³-hybridized carbons (Fsp3) is 0.672. The molecule has 10 heterocycles. The van der Waals surface area contributed by atoms with Crippen LogP contribution in [0.15, 0.2) is 35.8 Å². The number of ether oxygens (including phenoxy) is 6. The van der Waals surface area contributed by atoms with E-state index in [0.29, 0.717) is 76.9 Å². The summed E-state index contributed by atoms with van der Waals surface area (Å²) in [6.07, 6.45) is 8.91. The Kier molecular flexibility index (Phi) is 15.0. The lowest BCUT2D eigenvalue weighted by molar-refractivity contribution is -0.185. The number of anilines is 1. The standard InChI is InChI=1S/C58H79N9O9S/c1-35-36(2)76-52(35)53(68)61-49-51(65-32-58(33-65)16-8-23-75-58)54-60-46(31-77-54)38-10-13-47-42(27-38)44(29-57(4,5)34-74-56(70)45-9-7-17-67(62-45)55(49)69)50(66(47)22-26-73-41-14-24-72-25-15-41)43-28-40(30-59-48(43)37(3)71-6)64-20-18-63(19-21-64)39-11-12-39/h10,13,27-28,30-31,35-37,39,41,45,49,51-52,62H,7-9,11-12,14-26,29,32-34H2,1-6H3,(H,61,68)/t35-,36+,37+,45+,49+,51+,52+/m1/s1. The molecule has 3 aromatic heterocycles. The molecule has 7 atom stereocenters. The summed E-state index contributed by atoms with van der Waals surface area (Å²) in [6, 6.07) is 7.23. The molecule has 1 aliphatic carbocycles. The van der Waals surface area contributed by atoms with Gasteiger partial charge in [0.25, 0.3) is 5.91 Å². The van der Waals surface area contributed by atoms with Crippen LogP contribution in [-0.2, 0) is 55.8 Å². The third-order valence-electron chi connectivity index (χ3n) is 18.0. The van der Waals surface area contributed by atoms with Crippen molar-refractivity contribution in [1.29, 1.82) is 0 Å². The molecule has 77 heavy (non-hydrogen) atoms. The summed E-state index contributed by atoms with van der Waals surface area (Å²) in [6.45, 7) is 19.1. The number of likely N-dealkylation sites (tertiary alicyclic amines) is 1. The molecule has 4 aromatic rings. The largest absolute Gasteiger partial charge is 0.464 e. The van der Waals surface area contributed by atoms with Gasteiger partial charge in [0, 0.05) is 124 Å². The molecular formula is C58H79N9O9S. The number of fused-ring (bicyclic) bond motifs is 6. The topological polar surface area (TPSA) is 174 Å². The third kappa shape index (κ3) is 10.7. The molecule has 0 radical (unpaired) electrons. The molecule has 416 valence electrons. The number of piperazine rings is 1. The molecule has 6 saturated heterocycles. The average Bonchev–Trinajstić information content (AvgIpc) is 3.97. The predicted octanol–water partition coefficient (Wildman–Crippen LogP) is 6.45. The van der Waals surface area contributed by atoms with Crippen LogP contribution in [0.25, 0.3) is 33.4 Å². The van der Waals surface area contributed by atoms with Crippen molar-refractivity contribution >= 4 is 45.7 Å². The van der Waals surface area contributed by atoms with E-state index in [2.05, 4.69) is 80.4 Å². The summed E-state index contributed by atoms with van der Waals surface area (Å²) >= 11 is 1.50. The quantitative estimate of drug-likeness (QED) is 0.148. The highest BCUT2D eigenvalue weighted by Gasteiger charge is 2.54.